The highest BCUT2D eigenvalue weighted by atomic mass is 79.9. The minimum Gasteiger partial charge on any atom is -0.493 e. The molecule has 3 aliphatic heterocycles. The fourth-order valence-electron chi connectivity index (χ4n) is 7.05. The van der Waals surface area contributed by atoms with Crippen molar-refractivity contribution in [2.75, 3.05) is 35.4 Å². The number of piperazine rings is 1. The highest BCUT2D eigenvalue weighted by molar-refractivity contribution is 9.10. The quantitative estimate of drug-likeness (QED) is 0.203. The largest absolute Gasteiger partial charge is 0.493 e. The summed E-state index contributed by atoms with van der Waals surface area (Å²) in [6.45, 7) is 3.23. The van der Waals surface area contributed by atoms with Crippen molar-refractivity contribution in [1.29, 1.82) is 0 Å². The molecule has 2 fully saturated rings. The molecule has 2 unspecified atom stereocenters. The second-order valence-corrected chi connectivity index (χ2v) is 15.9. The van der Waals surface area contributed by atoms with E-state index in [0.717, 1.165) is 22.1 Å². The van der Waals surface area contributed by atoms with Gasteiger partial charge in [-0.05, 0) is 88.6 Å². The molecule has 4 heterocycles. The second kappa shape index (κ2) is 13.1. The van der Waals surface area contributed by atoms with Crippen LogP contribution in [0.25, 0.3) is 5.57 Å². The number of ether oxygens (including phenoxy) is 1. The van der Waals surface area contributed by atoms with E-state index in [0.29, 0.717) is 47.0 Å². The Morgan fingerprint density at radius 2 is 1.79 bits per heavy atom. The maximum atomic E-state index is 14.8. The van der Waals surface area contributed by atoms with E-state index in [1.54, 1.807) is 13.0 Å². The van der Waals surface area contributed by atoms with Gasteiger partial charge in [-0.25, -0.2) is 13.2 Å². The van der Waals surface area contributed by atoms with E-state index in [4.69, 9.17) is 4.74 Å². The Morgan fingerprint density at radius 1 is 1.02 bits per heavy atom. The third-order valence-electron chi connectivity index (χ3n) is 9.48. The molecule has 0 spiro atoms. The molecule has 3 aliphatic rings. The van der Waals surface area contributed by atoms with Crippen molar-refractivity contribution in [2.45, 2.75) is 43.2 Å². The van der Waals surface area contributed by atoms with Crippen molar-refractivity contribution in [2.24, 2.45) is 0 Å². The van der Waals surface area contributed by atoms with Crippen LogP contribution in [0.3, 0.4) is 0 Å². The molecular formula is C36H34BrN3O6S2. The number of amides is 1. The molecule has 1 N–H and O–H groups in total. The maximum Gasteiger partial charge on any atom is 0.331 e. The molecule has 0 aliphatic carbocycles. The SMILES string of the molecule is CC1=C(C(=O)O)CCOc2ccc(S(=O)(=O)N(CCc3ccccc3)c3ccccc3N3CC4CC3CN4C(=O)c3sccc3Br)cc21. The van der Waals surface area contributed by atoms with Gasteiger partial charge in [-0.1, -0.05) is 42.5 Å². The first-order valence-corrected chi connectivity index (χ1v) is 18.9. The van der Waals surface area contributed by atoms with Gasteiger partial charge in [-0.3, -0.25) is 9.10 Å². The van der Waals surface area contributed by atoms with Crippen LogP contribution in [0.5, 0.6) is 5.75 Å². The van der Waals surface area contributed by atoms with Gasteiger partial charge in [0.25, 0.3) is 15.9 Å². The van der Waals surface area contributed by atoms with Crippen molar-refractivity contribution in [1.82, 2.24) is 4.90 Å². The van der Waals surface area contributed by atoms with E-state index in [9.17, 15) is 23.1 Å². The number of carboxylic acids is 1. The molecule has 0 radical (unpaired) electrons. The number of nitrogens with zero attached hydrogens (tertiary/aromatic N) is 3. The first-order valence-electron chi connectivity index (χ1n) is 15.8. The summed E-state index contributed by atoms with van der Waals surface area (Å²) in [6, 6.07) is 24.0. The predicted molar refractivity (Wildman–Crippen MR) is 190 cm³/mol. The Hall–Kier alpha value is -4.13. The van der Waals surface area contributed by atoms with Crippen LogP contribution in [0, 0.1) is 0 Å². The number of para-hydroxylation sites is 2. The lowest BCUT2D eigenvalue weighted by Crippen LogP contribution is -2.49. The summed E-state index contributed by atoms with van der Waals surface area (Å²) in [5.74, 6) is -0.563. The van der Waals surface area contributed by atoms with Crippen LogP contribution in [0.1, 0.15) is 40.6 Å². The van der Waals surface area contributed by atoms with Crippen molar-refractivity contribution >= 4 is 66.1 Å². The Balaban J connectivity index is 1.25. The van der Waals surface area contributed by atoms with Gasteiger partial charge in [0.05, 0.1) is 28.9 Å². The van der Waals surface area contributed by atoms with Crippen molar-refractivity contribution in [3.05, 3.63) is 110 Å². The van der Waals surface area contributed by atoms with Gasteiger partial charge in [0, 0.05) is 47.7 Å². The summed E-state index contributed by atoms with van der Waals surface area (Å²) < 4.78 is 37.6. The molecule has 2 atom stereocenters. The molecule has 4 aromatic rings. The maximum absolute atomic E-state index is 14.8. The van der Waals surface area contributed by atoms with Gasteiger partial charge in [-0.15, -0.1) is 11.3 Å². The second-order valence-electron chi connectivity index (χ2n) is 12.2. The highest BCUT2D eigenvalue weighted by Crippen LogP contribution is 2.42. The summed E-state index contributed by atoms with van der Waals surface area (Å²) in [5.41, 5.74) is 3.52. The average molecular weight is 749 g/mol. The molecule has 2 bridgehead atoms. The van der Waals surface area contributed by atoms with Crippen LogP contribution in [0.15, 0.2) is 99.2 Å². The lowest BCUT2D eigenvalue weighted by atomic mass is 10.00. The van der Waals surface area contributed by atoms with Gasteiger partial charge < -0.3 is 19.6 Å². The third-order valence-corrected chi connectivity index (χ3v) is 13.1. The summed E-state index contributed by atoms with van der Waals surface area (Å²) in [4.78, 5) is 30.4. The number of carboxylic acid groups (broad SMARTS) is 1. The zero-order valence-corrected chi connectivity index (χ0v) is 29.4. The number of carbonyl (C=O) groups excluding carboxylic acids is 1. The molecule has 248 valence electrons. The molecule has 1 aromatic heterocycles. The number of benzene rings is 3. The molecule has 2 saturated heterocycles. The molecule has 7 rings (SSSR count). The van der Waals surface area contributed by atoms with E-state index in [-0.39, 0.29) is 48.0 Å². The number of thiophene rings is 1. The summed E-state index contributed by atoms with van der Waals surface area (Å²) in [5, 5.41) is 11.7. The lowest BCUT2D eigenvalue weighted by molar-refractivity contribution is -0.132. The summed E-state index contributed by atoms with van der Waals surface area (Å²) >= 11 is 4.93. The zero-order valence-electron chi connectivity index (χ0n) is 26.2. The van der Waals surface area contributed by atoms with Crippen molar-refractivity contribution < 1.29 is 27.9 Å². The number of halogens is 1. The fraction of sp³-hybridized carbons (Fsp3) is 0.278. The van der Waals surface area contributed by atoms with Crippen molar-refractivity contribution in [3.8, 4) is 5.75 Å². The first-order chi connectivity index (χ1) is 23.1. The predicted octanol–water partition coefficient (Wildman–Crippen LogP) is 6.69. The lowest BCUT2D eigenvalue weighted by Gasteiger charge is -2.38. The number of hydrogen-bond donors (Lipinski definition) is 1. The summed E-state index contributed by atoms with van der Waals surface area (Å²) in [7, 11) is -4.14. The molecule has 3 aromatic carbocycles. The number of allylic oxidation sites excluding steroid dienone is 1. The van der Waals surface area contributed by atoms with E-state index in [1.807, 2.05) is 70.9 Å². The topological polar surface area (TPSA) is 107 Å². The molecule has 0 saturated carbocycles. The number of aliphatic carboxylic acids is 1. The van der Waals surface area contributed by atoms with E-state index in [2.05, 4.69) is 20.8 Å². The third kappa shape index (κ3) is 5.90. The average Bonchev–Trinajstić information content (AvgIpc) is 3.80. The van der Waals surface area contributed by atoms with Gasteiger partial charge in [0.1, 0.15) is 10.6 Å². The molecule has 12 heteroatoms. The van der Waals surface area contributed by atoms with Crippen LogP contribution in [0.4, 0.5) is 11.4 Å². The molecule has 48 heavy (non-hydrogen) atoms. The Morgan fingerprint density at radius 3 is 2.50 bits per heavy atom. The monoisotopic (exact) mass is 747 g/mol. The minimum atomic E-state index is -4.14. The Labute approximate surface area is 292 Å². The van der Waals surface area contributed by atoms with Crippen molar-refractivity contribution in [3.63, 3.8) is 0 Å². The highest BCUT2D eigenvalue weighted by Gasteiger charge is 2.47. The standard InChI is InChI=1S/C36H34BrN3O6S2/c1-23-28(36(42)43)14-17-46-33-12-11-27(20-29(23)33)48(44,45)40(16-13-24-7-3-2-4-8-24)32-10-6-5-9-31(32)38-21-26-19-25(38)22-39(26)35(41)34-30(37)15-18-47-34/h2-12,15,18,20,25-26H,13-14,16-17,19,21-22H2,1H3,(H,42,43). The van der Waals surface area contributed by atoms with Gasteiger partial charge in [-0.2, -0.15) is 0 Å². The number of likely N-dealkylation sites (tertiary alicyclic amines) is 1. The van der Waals surface area contributed by atoms with Gasteiger partial charge >= 0.3 is 5.97 Å². The van der Waals surface area contributed by atoms with E-state index >= 15 is 0 Å². The number of rotatable bonds is 9. The van der Waals surface area contributed by atoms with E-state index in [1.165, 1.54) is 27.8 Å². The number of carbonyl (C=O) groups is 2. The fourth-order valence-corrected chi connectivity index (χ4v) is 10.0. The summed E-state index contributed by atoms with van der Waals surface area (Å²) in [6.07, 6.45) is 1.51. The van der Waals surface area contributed by atoms with E-state index < -0.39 is 16.0 Å². The smallest absolute Gasteiger partial charge is 0.331 e. The number of hydrogen-bond acceptors (Lipinski definition) is 7. The molecule has 9 nitrogen and oxygen atoms in total. The van der Waals surface area contributed by atoms with Gasteiger partial charge in [0.15, 0.2) is 0 Å². The first kappa shape index (κ1) is 32.4. The molecule has 1 amide bonds. The van der Waals surface area contributed by atoms with Crippen LogP contribution >= 0.6 is 27.3 Å². The molecular weight excluding hydrogens is 714 g/mol. The van der Waals surface area contributed by atoms with Crippen LogP contribution < -0.4 is 13.9 Å². The van der Waals surface area contributed by atoms with Gasteiger partial charge in [0.2, 0.25) is 0 Å². The Bertz CT molecular complexity index is 2030. The van der Waals surface area contributed by atoms with Crippen LogP contribution in [-0.2, 0) is 21.2 Å². The van der Waals surface area contributed by atoms with Crippen LogP contribution in [-0.4, -0.2) is 68.6 Å². The zero-order chi connectivity index (χ0) is 33.6. The van der Waals surface area contributed by atoms with Crippen LogP contribution in [0.2, 0.25) is 0 Å². The minimum absolute atomic E-state index is 0.0155. The number of sulfonamides is 1. The number of anilines is 2. The normalized spacial score (nSPS) is 18.8. The number of fused-ring (bicyclic) bond motifs is 3. The Kier molecular flexibility index (Phi) is 8.82.